The number of rotatable bonds is 6. The molecule has 0 amide bonds. The maximum Gasteiger partial charge on any atom is 0.189 e. The van der Waals surface area contributed by atoms with Crippen molar-refractivity contribution in [3.63, 3.8) is 0 Å². The van der Waals surface area contributed by atoms with Crippen molar-refractivity contribution in [2.45, 2.75) is 13.5 Å². The van der Waals surface area contributed by atoms with Gasteiger partial charge in [0.25, 0.3) is 0 Å². The van der Waals surface area contributed by atoms with Crippen LogP contribution < -0.4 is 10.2 Å². The maximum absolute atomic E-state index is 12.3. The van der Waals surface area contributed by atoms with Crippen LogP contribution in [0.2, 0.25) is 0 Å². The van der Waals surface area contributed by atoms with E-state index >= 15 is 0 Å². The Morgan fingerprint density at radius 3 is 2.64 bits per heavy atom. The fourth-order valence-corrected chi connectivity index (χ4v) is 2.79. The first-order valence-electron chi connectivity index (χ1n) is 8.06. The highest BCUT2D eigenvalue weighted by Gasteiger charge is 2.14. The molecule has 0 aliphatic rings. The van der Waals surface area contributed by atoms with E-state index < -0.39 is 0 Å². The molecule has 0 saturated carbocycles. The second kappa shape index (κ2) is 7.18. The zero-order chi connectivity index (χ0) is 17.8. The summed E-state index contributed by atoms with van der Waals surface area (Å²) >= 11 is 0. The molecule has 2 aromatic carbocycles. The molecular weight excluding hydrogens is 314 g/mol. The molecule has 0 unspecified atom stereocenters. The Balaban J connectivity index is 2.18. The topological polar surface area (TPSA) is 48.3 Å². The Morgan fingerprint density at radius 1 is 1.20 bits per heavy atom. The van der Waals surface area contributed by atoms with Gasteiger partial charge < -0.3 is 9.30 Å². The van der Waals surface area contributed by atoms with Crippen LogP contribution in [0.5, 0.6) is 5.75 Å². The minimum Gasteiger partial charge on any atom is -0.489 e. The molecule has 3 aromatic rings. The minimum absolute atomic E-state index is 0.114. The molecule has 0 radical (unpaired) electrons. The van der Waals surface area contributed by atoms with Crippen molar-refractivity contribution in [1.29, 1.82) is 0 Å². The van der Waals surface area contributed by atoms with Crippen LogP contribution in [0.3, 0.4) is 0 Å². The Morgan fingerprint density at radius 2 is 1.96 bits per heavy atom. The van der Waals surface area contributed by atoms with Crippen molar-refractivity contribution < 1.29 is 9.53 Å². The quantitative estimate of drug-likeness (QED) is 0.509. The van der Waals surface area contributed by atoms with Gasteiger partial charge in [0, 0.05) is 30.3 Å². The zero-order valence-electron chi connectivity index (χ0n) is 14.1. The van der Waals surface area contributed by atoms with Crippen LogP contribution in [0.4, 0.5) is 0 Å². The molecule has 1 heterocycles. The molecule has 1 aromatic heterocycles. The van der Waals surface area contributed by atoms with Crippen LogP contribution in [-0.2, 0) is 6.54 Å². The summed E-state index contributed by atoms with van der Waals surface area (Å²) in [6.07, 6.45) is 3.39. The number of ketones is 1. The van der Waals surface area contributed by atoms with Crippen LogP contribution in [0.25, 0.3) is 10.9 Å². The summed E-state index contributed by atoms with van der Waals surface area (Å²) in [7, 11) is 0. The summed E-state index contributed by atoms with van der Waals surface area (Å²) < 4.78 is 7.63. The monoisotopic (exact) mass is 333 g/mol. The highest BCUT2D eigenvalue weighted by Crippen LogP contribution is 2.25. The fourth-order valence-electron chi connectivity index (χ4n) is 2.79. The third-order valence-corrected chi connectivity index (χ3v) is 4.01. The first-order valence-corrected chi connectivity index (χ1v) is 8.06. The average Bonchev–Trinajstić information content (AvgIpc) is 2.62. The third-order valence-electron chi connectivity index (χ3n) is 4.01. The van der Waals surface area contributed by atoms with Gasteiger partial charge in [-0.3, -0.25) is 9.59 Å². The molecule has 0 N–H and O–H groups in total. The average molecular weight is 333 g/mol. The summed E-state index contributed by atoms with van der Waals surface area (Å²) in [5.41, 5.74) is 2.15. The Kier molecular flexibility index (Phi) is 4.80. The third kappa shape index (κ3) is 3.53. The van der Waals surface area contributed by atoms with E-state index in [0.717, 1.165) is 11.1 Å². The highest BCUT2D eigenvalue weighted by molar-refractivity contribution is 6.01. The fraction of sp³-hybridized carbons (Fsp3) is 0.143. The molecule has 3 rings (SSSR count). The molecule has 0 saturated heterocycles. The predicted molar refractivity (Wildman–Crippen MR) is 99.4 cm³/mol. The maximum atomic E-state index is 12.3. The van der Waals surface area contributed by atoms with E-state index in [4.69, 9.17) is 4.74 Å². The number of carbonyl (C=O) groups is 1. The van der Waals surface area contributed by atoms with Crippen LogP contribution in [0, 0.1) is 0 Å². The van der Waals surface area contributed by atoms with Crippen molar-refractivity contribution in [3.8, 4) is 5.75 Å². The van der Waals surface area contributed by atoms with Gasteiger partial charge in [0.1, 0.15) is 12.4 Å². The van der Waals surface area contributed by atoms with Gasteiger partial charge in [0.15, 0.2) is 11.2 Å². The summed E-state index contributed by atoms with van der Waals surface area (Å²) in [5.74, 6) is 0.325. The van der Waals surface area contributed by atoms with Gasteiger partial charge in [-0.25, -0.2) is 0 Å². The van der Waals surface area contributed by atoms with Crippen molar-refractivity contribution in [2.75, 3.05) is 6.61 Å². The molecule has 0 atom stereocenters. The van der Waals surface area contributed by atoms with Crippen LogP contribution in [-0.4, -0.2) is 17.0 Å². The van der Waals surface area contributed by atoms with E-state index in [2.05, 4.69) is 6.58 Å². The zero-order valence-corrected chi connectivity index (χ0v) is 14.1. The summed E-state index contributed by atoms with van der Waals surface area (Å²) in [4.78, 5) is 24.2. The van der Waals surface area contributed by atoms with Crippen molar-refractivity contribution in [1.82, 2.24) is 4.57 Å². The number of hydrogen-bond acceptors (Lipinski definition) is 3. The number of ether oxygens (including phenoxy) is 1. The lowest BCUT2D eigenvalue weighted by Crippen LogP contribution is -2.11. The summed E-state index contributed by atoms with van der Waals surface area (Å²) in [5, 5.41) is 0.509. The van der Waals surface area contributed by atoms with Gasteiger partial charge >= 0.3 is 0 Å². The number of Topliss-reactive ketones (excluding diaryl/α,β-unsaturated/α-hetero) is 1. The molecule has 0 spiro atoms. The lowest BCUT2D eigenvalue weighted by Gasteiger charge is -2.14. The molecule has 4 heteroatoms. The molecule has 0 bridgehead atoms. The largest absolute Gasteiger partial charge is 0.489 e. The van der Waals surface area contributed by atoms with Crippen molar-refractivity contribution in [2.24, 2.45) is 0 Å². The number of hydrogen-bond donors (Lipinski definition) is 0. The van der Waals surface area contributed by atoms with Crippen molar-refractivity contribution in [3.05, 3.63) is 88.7 Å². The minimum atomic E-state index is -0.140. The van der Waals surface area contributed by atoms with Crippen LogP contribution in [0.15, 0.2) is 72.2 Å². The normalized spacial score (nSPS) is 10.6. The SMILES string of the molecule is C=CCOc1cc2c(cc1C(C)=O)c(=O)ccn2Cc1ccccc1. The predicted octanol–water partition coefficient (Wildman–Crippen LogP) is 3.82. The number of carbonyl (C=O) groups excluding carboxylic acids is 1. The lowest BCUT2D eigenvalue weighted by molar-refractivity contribution is 0.101. The Labute approximate surface area is 146 Å². The van der Waals surface area contributed by atoms with E-state index in [-0.39, 0.29) is 11.2 Å². The smallest absolute Gasteiger partial charge is 0.189 e. The van der Waals surface area contributed by atoms with E-state index in [1.54, 1.807) is 24.4 Å². The number of benzene rings is 2. The molecule has 0 aliphatic carbocycles. The molecule has 4 nitrogen and oxygen atoms in total. The van der Waals surface area contributed by atoms with E-state index in [0.29, 0.717) is 29.9 Å². The van der Waals surface area contributed by atoms with Crippen LogP contribution in [0.1, 0.15) is 22.8 Å². The van der Waals surface area contributed by atoms with Gasteiger partial charge in [-0.1, -0.05) is 43.0 Å². The molecule has 0 fully saturated rings. The Bertz CT molecular complexity index is 987. The molecule has 126 valence electrons. The van der Waals surface area contributed by atoms with Crippen LogP contribution >= 0.6 is 0 Å². The first-order chi connectivity index (χ1) is 12.1. The van der Waals surface area contributed by atoms with E-state index in [9.17, 15) is 9.59 Å². The Hall–Kier alpha value is -3.14. The summed E-state index contributed by atoms with van der Waals surface area (Å²) in [6.45, 7) is 6.02. The van der Waals surface area contributed by atoms with Gasteiger partial charge in [-0.2, -0.15) is 0 Å². The number of aromatic nitrogens is 1. The highest BCUT2D eigenvalue weighted by atomic mass is 16.5. The second-order valence-electron chi connectivity index (χ2n) is 5.81. The number of pyridine rings is 1. The van der Waals surface area contributed by atoms with Gasteiger partial charge in [-0.15, -0.1) is 0 Å². The second-order valence-corrected chi connectivity index (χ2v) is 5.81. The molecule has 0 aliphatic heterocycles. The molecular formula is C21H19NO3. The van der Waals surface area contributed by atoms with Gasteiger partial charge in [0.05, 0.1) is 11.1 Å². The standard InChI is InChI=1S/C21H19NO3/c1-3-11-25-21-13-19-18(12-17(21)15(2)23)20(24)9-10-22(19)14-16-7-5-4-6-8-16/h3-10,12-13H,1,11,14H2,2H3. The molecule has 25 heavy (non-hydrogen) atoms. The van der Waals surface area contributed by atoms with Crippen molar-refractivity contribution >= 4 is 16.7 Å². The van der Waals surface area contributed by atoms with Gasteiger partial charge in [-0.05, 0) is 18.6 Å². The number of fused-ring (bicyclic) bond motifs is 1. The van der Waals surface area contributed by atoms with E-state index in [1.165, 1.54) is 13.0 Å². The summed E-state index contributed by atoms with van der Waals surface area (Å²) in [6, 6.07) is 14.9. The van der Waals surface area contributed by atoms with E-state index in [1.807, 2.05) is 34.9 Å². The number of nitrogens with zero attached hydrogens (tertiary/aromatic N) is 1. The lowest BCUT2D eigenvalue weighted by atomic mass is 10.1. The first kappa shape index (κ1) is 16.7. The van der Waals surface area contributed by atoms with Gasteiger partial charge in [0.2, 0.25) is 0 Å².